The second-order valence-electron chi connectivity index (χ2n) is 6.84. The van der Waals surface area contributed by atoms with Crippen LogP contribution in [0.2, 0.25) is 0 Å². The van der Waals surface area contributed by atoms with Crippen molar-refractivity contribution in [3.63, 3.8) is 0 Å². The van der Waals surface area contributed by atoms with Gasteiger partial charge in [0, 0.05) is 10.0 Å². The minimum absolute atomic E-state index is 0.0217. The zero-order valence-corrected chi connectivity index (χ0v) is 18.5. The van der Waals surface area contributed by atoms with Crippen LogP contribution in [0.3, 0.4) is 0 Å². The van der Waals surface area contributed by atoms with Gasteiger partial charge in [-0.25, -0.2) is 4.39 Å². The first kappa shape index (κ1) is 23.1. The number of ether oxygens (including phenoxy) is 1. The van der Waals surface area contributed by atoms with Crippen molar-refractivity contribution in [2.24, 2.45) is 0 Å². The van der Waals surface area contributed by atoms with Crippen molar-refractivity contribution in [3.05, 3.63) is 100 Å². The highest BCUT2D eigenvalue weighted by Crippen LogP contribution is 2.20. The van der Waals surface area contributed by atoms with E-state index >= 15 is 0 Å². The minimum Gasteiger partial charge on any atom is -0.455 e. The zero-order valence-electron chi connectivity index (χ0n) is 16.9. The van der Waals surface area contributed by atoms with Crippen molar-refractivity contribution in [3.8, 4) is 0 Å². The predicted molar refractivity (Wildman–Crippen MR) is 121 cm³/mol. The van der Waals surface area contributed by atoms with Crippen LogP contribution >= 0.6 is 15.9 Å². The largest absolute Gasteiger partial charge is 0.455 e. The number of hydrogen-bond acceptors (Lipinski definition) is 4. The molecule has 0 bridgehead atoms. The number of hydrogen-bond donors (Lipinski definition) is 2. The minimum atomic E-state index is -0.682. The fraction of sp³-hybridized carbons (Fsp3) is 0.125. The Labute approximate surface area is 192 Å². The van der Waals surface area contributed by atoms with Gasteiger partial charge in [-0.3, -0.25) is 14.4 Å². The fourth-order valence-electron chi connectivity index (χ4n) is 2.92. The molecule has 8 heteroatoms. The number of amides is 2. The molecule has 6 nitrogen and oxygen atoms in total. The molecule has 2 N–H and O–H groups in total. The van der Waals surface area contributed by atoms with Gasteiger partial charge in [-0.1, -0.05) is 64.5 Å². The highest BCUT2D eigenvalue weighted by molar-refractivity contribution is 9.10. The van der Waals surface area contributed by atoms with E-state index in [0.29, 0.717) is 10.0 Å². The lowest BCUT2D eigenvalue weighted by Crippen LogP contribution is -2.31. The Morgan fingerprint density at radius 2 is 1.59 bits per heavy atom. The van der Waals surface area contributed by atoms with Gasteiger partial charge in [-0.15, -0.1) is 0 Å². The molecule has 0 spiro atoms. The molecule has 0 aromatic heterocycles. The molecule has 164 valence electrons. The lowest BCUT2D eigenvalue weighted by molar-refractivity contribution is -0.147. The molecule has 3 aromatic carbocycles. The van der Waals surface area contributed by atoms with Crippen LogP contribution < -0.4 is 10.6 Å². The monoisotopic (exact) mass is 498 g/mol. The standard InChI is InChI=1S/C24H20BrFN2O4/c25-18-11-12-20(19(26)13-18)27-22(29)15-32-23(30)14-21(16-7-3-1-4-8-16)28-24(31)17-9-5-2-6-10-17/h1-13,21H,14-15H2,(H,27,29)(H,28,31). The average Bonchev–Trinajstić information content (AvgIpc) is 2.80. The number of benzene rings is 3. The first-order valence-corrected chi connectivity index (χ1v) is 10.5. The Balaban J connectivity index is 1.59. The first-order chi connectivity index (χ1) is 15.4. The van der Waals surface area contributed by atoms with Crippen LogP contribution in [-0.2, 0) is 14.3 Å². The third kappa shape index (κ3) is 6.75. The van der Waals surface area contributed by atoms with E-state index in [2.05, 4.69) is 26.6 Å². The summed E-state index contributed by atoms with van der Waals surface area (Å²) in [6.45, 7) is -0.581. The van der Waals surface area contributed by atoms with Gasteiger partial charge < -0.3 is 15.4 Å². The number of halogens is 2. The number of anilines is 1. The highest BCUT2D eigenvalue weighted by atomic mass is 79.9. The normalized spacial score (nSPS) is 11.3. The quantitative estimate of drug-likeness (QED) is 0.443. The molecule has 1 atom stereocenters. The highest BCUT2D eigenvalue weighted by Gasteiger charge is 2.21. The second-order valence-corrected chi connectivity index (χ2v) is 7.76. The van der Waals surface area contributed by atoms with Gasteiger partial charge >= 0.3 is 5.97 Å². The van der Waals surface area contributed by atoms with E-state index in [1.54, 1.807) is 60.7 Å². The van der Waals surface area contributed by atoms with Crippen LogP contribution in [0, 0.1) is 5.82 Å². The van der Waals surface area contributed by atoms with Crippen LogP contribution in [0.1, 0.15) is 28.4 Å². The number of rotatable bonds is 8. The SMILES string of the molecule is O=C(COC(=O)CC(NC(=O)c1ccccc1)c1ccccc1)Nc1ccc(Br)cc1F. The van der Waals surface area contributed by atoms with Crippen LogP contribution in [0.25, 0.3) is 0 Å². The van der Waals surface area contributed by atoms with Gasteiger partial charge in [0.1, 0.15) is 5.82 Å². The summed E-state index contributed by atoms with van der Waals surface area (Å²) in [5.74, 6) is -2.31. The van der Waals surface area contributed by atoms with E-state index in [4.69, 9.17) is 4.74 Å². The fourth-order valence-corrected chi connectivity index (χ4v) is 3.25. The van der Waals surface area contributed by atoms with E-state index in [1.807, 2.05) is 6.07 Å². The molecule has 1 unspecified atom stereocenters. The van der Waals surface area contributed by atoms with Crippen molar-refractivity contribution >= 4 is 39.4 Å². The summed E-state index contributed by atoms with van der Waals surface area (Å²) in [6, 6.07) is 21.1. The third-order valence-corrected chi connectivity index (χ3v) is 4.98. The molecule has 0 aliphatic heterocycles. The summed E-state index contributed by atoms with van der Waals surface area (Å²) in [5, 5.41) is 5.18. The number of carbonyl (C=O) groups is 3. The van der Waals surface area contributed by atoms with E-state index in [-0.39, 0.29) is 18.0 Å². The van der Waals surface area contributed by atoms with E-state index in [0.717, 1.165) is 5.56 Å². The van der Waals surface area contributed by atoms with Crippen LogP contribution in [0.4, 0.5) is 10.1 Å². The van der Waals surface area contributed by atoms with Crippen LogP contribution in [0.15, 0.2) is 83.3 Å². The molecule has 0 saturated heterocycles. The summed E-state index contributed by atoms with van der Waals surface area (Å²) in [5.41, 5.74) is 1.15. The maximum Gasteiger partial charge on any atom is 0.308 e. The molecule has 0 radical (unpaired) electrons. The van der Waals surface area contributed by atoms with E-state index in [9.17, 15) is 18.8 Å². The van der Waals surface area contributed by atoms with Gasteiger partial charge in [-0.2, -0.15) is 0 Å². The number of carbonyl (C=O) groups excluding carboxylic acids is 3. The summed E-state index contributed by atoms with van der Waals surface area (Å²) < 4.78 is 19.4. The van der Waals surface area contributed by atoms with Gasteiger partial charge in [0.25, 0.3) is 11.8 Å². The zero-order chi connectivity index (χ0) is 22.9. The maximum absolute atomic E-state index is 13.8. The van der Waals surface area contributed by atoms with E-state index in [1.165, 1.54) is 12.1 Å². The third-order valence-electron chi connectivity index (χ3n) is 4.48. The lowest BCUT2D eigenvalue weighted by Gasteiger charge is -2.19. The molecule has 0 saturated carbocycles. The Kier molecular flexibility index (Phi) is 8.10. The number of nitrogens with one attached hydrogen (secondary N) is 2. The molecule has 0 aliphatic rings. The van der Waals surface area contributed by atoms with Crippen LogP contribution in [-0.4, -0.2) is 24.4 Å². The molecular weight excluding hydrogens is 479 g/mol. The van der Waals surface area contributed by atoms with Crippen molar-refractivity contribution in [1.82, 2.24) is 5.32 Å². The van der Waals surface area contributed by atoms with Gasteiger partial charge in [0.05, 0.1) is 18.2 Å². The molecule has 3 rings (SSSR count). The van der Waals surface area contributed by atoms with Crippen molar-refractivity contribution < 1.29 is 23.5 Å². The Morgan fingerprint density at radius 1 is 0.938 bits per heavy atom. The molecule has 2 amide bonds. The molecule has 3 aromatic rings. The molecule has 0 fully saturated rings. The summed E-state index contributed by atoms with van der Waals surface area (Å²) >= 11 is 3.13. The maximum atomic E-state index is 13.8. The predicted octanol–water partition coefficient (Wildman–Crippen LogP) is 4.63. The topological polar surface area (TPSA) is 84.5 Å². The molecule has 32 heavy (non-hydrogen) atoms. The summed E-state index contributed by atoms with van der Waals surface area (Å²) in [7, 11) is 0. The first-order valence-electron chi connectivity index (χ1n) is 9.74. The Bertz CT molecular complexity index is 1090. The van der Waals surface area contributed by atoms with Gasteiger partial charge in [0.15, 0.2) is 6.61 Å². The second kappa shape index (κ2) is 11.2. The average molecular weight is 499 g/mol. The smallest absolute Gasteiger partial charge is 0.308 e. The Hall–Kier alpha value is -3.52. The molecular formula is C24H20BrFN2O4. The molecule has 0 aliphatic carbocycles. The van der Waals surface area contributed by atoms with Crippen LogP contribution in [0.5, 0.6) is 0 Å². The van der Waals surface area contributed by atoms with Crippen molar-refractivity contribution in [2.75, 3.05) is 11.9 Å². The van der Waals surface area contributed by atoms with Crippen molar-refractivity contribution in [1.29, 1.82) is 0 Å². The van der Waals surface area contributed by atoms with Gasteiger partial charge in [-0.05, 0) is 35.9 Å². The molecule has 0 heterocycles. The summed E-state index contributed by atoms with van der Waals surface area (Å²) in [4.78, 5) is 37.0. The van der Waals surface area contributed by atoms with Gasteiger partial charge in [0.2, 0.25) is 0 Å². The van der Waals surface area contributed by atoms with E-state index < -0.39 is 30.3 Å². The Morgan fingerprint density at radius 3 is 2.25 bits per heavy atom. The number of esters is 1. The van der Waals surface area contributed by atoms with Crippen molar-refractivity contribution in [2.45, 2.75) is 12.5 Å². The summed E-state index contributed by atoms with van der Waals surface area (Å²) in [6.07, 6.45) is -0.178. The lowest BCUT2D eigenvalue weighted by atomic mass is 10.0.